The molecule has 1 saturated heterocycles. The van der Waals surface area contributed by atoms with E-state index in [-0.39, 0.29) is 18.3 Å². The van der Waals surface area contributed by atoms with Crippen LogP contribution in [0.2, 0.25) is 0 Å². The van der Waals surface area contributed by atoms with E-state index in [0.29, 0.717) is 16.7 Å². The van der Waals surface area contributed by atoms with Crippen LogP contribution >= 0.6 is 0 Å². The van der Waals surface area contributed by atoms with Crippen LogP contribution in [-0.4, -0.2) is 56.6 Å². The molecule has 2 fully saturated rings. The standard InChI is InChI=1S/C20H26FN5O3S/c1-13-15(6-14-4-5-24-19(18(14)21)25-30(27,28)22-2)9-23-10-17(13)29-16-7-20(8-16)11-26(3)12-20/h4-5,9-10,16,22H,6-8,11-12H2,1-3H3,(H,24,25). The summed E-state index contributed by atoms with van der Waals surface area (Å²) in [5, 5.41) is 0. The van der Waals surface area contributed by atoms with E-state index >= 15 is 0 Å². The second-order valence-electron chi connectivity index (χ2n) is 8.36. The van der Waals surface area contributed by atoms with Crippen LogP contribution in [-0.2, 0) is 16.6 Å². The molecule has 162 valence electrons. The van der Waals surface area contributed by atoms with Crippen molar-refractivity contribution in [3.63, 3.8) is 0 Å². The third-order valence-electron chi connectivity index (χ3n) is 5.95. The van der Waals surface area contributed by atoms with Crippen molar-refractivity contribution in [3.05, 3.63) is 47.2 Å². The molecule has 1 saturated carbocycles. The average molecular weight is 436 g/mol. The Bertz CT molecular complexity index is 1050. The SMILES string of the molecule is CNS(=O)(=O)Nc1nccc(Cc2cncc(OC3CC4(C3)CN(C)C4)c2C)c1F. The van der Waals surface area contributed by atoms with Crippen molar-refractivity contribution in [2.75, 3.05) is 31.9 Å². The Hall–Kier alpha value is -2.30. The number of nitrogens with one attached hydrogen (secondary N) is 2. The second kappa shape index (κ2) is 7.75. The molecule has 0 amide bonds. The van der Waals surface area contributed by atoms with Crippen LogP contribution in [0.1, 0.15) is 29.5 Å². The number of pyridine rings is 2. The maximum absolute atomic E-state index is 14.8. The van der Waals surface area contributed by atoms with Gasteiger partial charge in [0.05, 0.1) is 6.20 Å². The van der Waals surface area contributed by atoms with E-state index < -0.39 is 16.0 Å². The van der Waals surface area contributed by atoms with Crippen LogP contribution in [0.4, 0.5) is 10.2 Å². The molecule has 0 atom stereocenters. The fourth-order valence-corrected chi connectivity index (χ4v) is 4.94. The van der Waals surface area contributed by atoms with Crippen molar-refractivity contribution >= 4 is 16.0 Å². The number of likely N-dealkylation sites (tertiary alicyclic amines) is 1. The van der Waals surface area contributed by atoms with Gasteiger partial charge in [0.25, 0.3) is 10.2 Å². The minimum atomic E-state index is -3.86. The van der Waals surface area contributed by atoms with Crippen LogP contribution in [0.25, 0.3) is 0 Å². The summed E-state index contributed by atoms with van der Waals surface area (Å²) in [5.74, 6) is -0.340. The van der Waals surface area contributed by atoms with Crippen LogP contribution in [0, 0.1) is 18.2 Å². The lowest BCUT2D eigenvalue weighted by Crippen LogP contribution is -2.63. The molecule has 2 aromatic heterocycles. The van der Waals surface area contributed by atoms with E-state index in [4.69, 9.17) is 4.74 Å². The minimum absolute atomic E-state index is 0.190. The number of hydrogen-bond donors (Lipinski definition) is 2. The van der Waals surface area contributed by atoms with E-state index in [1.54, 1.807) is 12.4 Å². The fraction of sp³-hybridized carbons (Fsp3) is 0.500. The third kappa shape index (κ3) is 4.12. The average Bonchev–Trinajstić information content (AvgIpc) is 2.65. The Morgan fingerprint density at radius 3 is 2.70 bits per heavy atom. The Balaban J connectivity index is 1.47. The molecule has 0 radical (unpaired) electrons. The lowest BCUT2D eigenvalue weighted by atomic mass is 9.62. The monoisotopic (exact) mass is 435 g/mol. The Labute approximate surface area is 176 Å². The van der Waals surface area contributed by atoms with Crippen LogP contribution in [0.15, 0.2) is 24.7 Å². The summed E-state index contributed by atoms with van der Waals surface area (Å²) in [6.45, 7) is 4.19. The summed E-state index contributed by atoms with van der Waals surface area (Å²) in [4.78, 5) is 10.4. The lowest BCUT2D eigenvalue weighted by Gasteiger charge is -2.57. The van der Waals surface area contributed by atoms with E-state index in [9.17, 15) is 12.8 Å². The molecule has 0 bridgehead atoms. The molecular weight excluding hydrogens is 409 g/mol. The summed E-state index contributed by atoms with van der Waals surface area (Å²) >= 11 is 0. The molecule has 30 heavy (non-hydrogen) atoms. The van der Waals surface area contributed by atoms with E-state index in [0.717, 1.165) is 37.1 Å². The Kier molecular flexibility index (Phi) is 5.41. The van der Waals surface area contributed by atoms with Gasteiger partial charge < -0.3 is 9.64 Å². The molecular formula is C20H26FN5O3S. The van der Waals surface area contributed by atoms with Crippen LogP contribution < -0.4 is 14.2 Å². The zero-order chi connectivity index (χ0) is 21.5. The van der Waals surface area contributed by atoms with Gasteiger partial charge in [-0.05, 0) is 49.6 Å². The molecule has 2 aliphatic rings. The lowest BCUT2D eigenvalue weighted by molar-refractivity contribution is -0.109. The molecule has 10 heteroatoms. The summed E-state index contributed by atoms with van der Waals surface area (Å²) in [5.41, 5.74) is 2.47. The molecule has 0 unspecified atom stereocenters. The summed E-state index contributed by atoms with van der Waals surface area (Å²) < 4.78 is 48.5. The minimum Gasteiger partial charge on any atom is -0.488 e. The molecule has 4 rings (SSSR count). The number of halogens is 1. The van der Waals surface area contributed by atoms with E-state index in [1.807, 2.05) is 6.92 Å². The molecule has 2 N–H and O–H groups in total. The van der Waals surface area contributed by atoms with Crippen molar-refractivity contribution in [1.82, 2.24) is 19.6 Å². The number of ether oxygens (including phenoxy) is 1. The maximum atomic E-state index is 14.8. The van der Waals surface area contributed by atoms with Crippen molar-refractivity contribution in [1.29, 1.82) is 0 Å². The van der Waals surface area contributed by atoms with E-state index in [1.165, 1.54) is 19.3 Å². The largest absolute Gasteiger partial charge is 0.488 e. The highest BCUT2D eigenvalue weighted by Gasteiger charge is 2.52. The summed E-state index contributed by atoms with van der Waals surface area (Å²) in [6.07, 6.45) is 7.30. The van der Waals surface area contributed by atoms with Gasteiger partial charge in [0.15, 0.2) is 11.6 Å². The van der Waals surface area contributed by atoms with Gasteiger partial charge in [0.2, 0.25) is 0 Å². The number of aromatic nitrogens is 2. The fourth-order valence-electron chi connectivity index (χ4n) is 4.44. The van der Waals surface area contributed by atoms with Crippen LogP contribution in [0.5, 0.6) is 5.75 Å². The number of rotatable bonds is 7. The van der Waals surface area contributed by atoms with Crippen molar-refractivity contribution in [2.45, 2.75) is 32.3 Å². The van der Waals surface area contributed by atoms with E-state index in [2.05, 4.69) is 31.4 Å². The molecule has 8 nitrogen and oxygen atoms in total. The number of anilines is 1. The van der Waals surface area contributed by atoms with Crippen molar-refractivity contribution < 1.29 is 17.5 Å². The topological polar surface area (TPSA) is 96.5 Å². The van der Waals surface area contributed by atoms with Crippen LogP contribution in [0.3, 0.4) is 0 Å². The maximum Gasteiger partial charge on any atom is 0.300 e. The van der Waals surface area contributed by atoms with Gasteiger partial charge in [-0.25, -0.2) is 14.1 Å². The van der Waals surface area contributed by atoms with Gasteiger partial charge >= 0.3 is 0 Å². The molecule has 1 aliphatic heterocycles. The van der Waals surface area contributed by atoms with Gasteiger partial charge in [0.1, 0.15) is 11.9 Å². The Morgan fingerprint density at radius 1 is 1.30 bits per heavy atom. The zero-order valence-corrected chi connectivity index (χ0v) is 18.1. The quantitative estimate of drug-likeness (QED) is 0.689. The molecule has 1 aliphatic carbocycles. The smallest absolute Gasteiger partial charge is 0.300 e. The molecule has 1 spiro atoms. The molecule has 2 aromatic rings. The first-order valence-corrected chi connectivity index (χ1v) is 11.3. The summed E-state index contributed by atoms with van der Waals surface area (Å²) in [7, 11) is -0.495. The second-order valence-corrected chi connectivity index (χ2v) is 9.98. The first-order valence-electron chi connectivity index (χ1n) is 9.84. The first-order chi connectivity index (χ1) is 14.2. The summed E-state index contributed by atoms with van der Waals surface area (Å²) in [6, 6.07) is 1.53. The highest BCUT2D eigenvalue weighted by molar-refractivity contribution is 7.90. The van der Waals surface area contributed by atoms with Gasteiger partial charge in [-0.15, -0.1) is 0 Å². The Morgan fingerprint density at radius 2 is 2.03 bits per heavy atom. The van der Waals surface area contributed by atoms with Gasteiger partial charge in [-0.3, -0.25) is 9.71 Å². The predicted octanol–water partition coefficient (Wildman–Crippen LogP) is 1.86. The van der Waals surface area contributed by atoms with Crippen molar-refractivity contribution in [3.8, 4) is 5.75 Å². The highest BCUT2D eigenvalue weighted by Crippen LogP contribution is 2.49. The predicted molar refractivity (Wildman–Crippen MR) is 111 cm³/mol. The van der Waals surface area contributed by atoms with Crippen molar-refractivity contribution in [2.24, 2.45) is 5.41 Å². The normalized spacial score (nSPS) is 18.7. The van der Waals surface area contributed by atoms with Gasteiger partial charge in [-0.2, -0.15) is 8.42 Å². The number of nitrogens with zero attached hydrogens (tertiary/aromatic N) is 3. The molecule has 0 aromatic carbocycles. The highest BCUT2D eigenvalue weighted by atomic mass is 32.2. The van der Waals surface area contributed by atoms with Gasteiger partial charge in [-0.1, -0.05) is 0 Å². The third-order valence-corrected chi connectivity index (χ3v) is 6.95. The molecule has 3 heterocycles. The van der Waals surface area contributed by atoms with Gasteiger partial charge in [0, 0.05) is 44.4 Å². The first kappa shape index (κ1) is 21.0. The number of hydrogen-bond acceptors (Lipinski definition) is 6. The zero-order valence-electron chi connectivity index (χ0n) is 17.3.